The topological polar surface area (TPSA) is 36.7 Å². The van der Waals surface area contributed by atoms with Crippen molar-refractivity contribution in [3.8, 4) is 0 Å². The van der Waals surface area contributed by atoms with E-state index in [4.69, 9.17) is 4.42 Å². The van der Waals surface area contributed by atoms with Gasteiger partial charge in [0.15, 0.2) is 5.76 Å². The van der Waals surface area contributed by atoms with Crippen molar-refractivity contribution in [2.45, 2.75) is 24.5 Å². The van der Waals surface area contributed by atoms with E-state index < -0.39 is 0 Å². The number of carbonyl (C=O) groups excluding carboxylic acids is 1. The highest BCUT2D eigenvalue weighted by Crippen LogP contribution is 2.27. The first-order chi connectivity index (χ1) is 14.1. The molecule has 1 fully saturated rings. The van der Waals surface area contributed by atoms with Gasteiger partial charge in [0, 0.05) is 48.1 Å². The van der Waals surface area contributed by atoms with E-state index in [-0.39, 0.29) is 5.91 Å². The van der Waals surface area contributed by atoms with Crippen LogP contribution in [0.15, 0.2) is 70.2 Å². The van der Waals surface area contributed by atoms with E-state index in [0.717, 1.165) is 24.4 Å². The van der Waals surface area contributed by atoms with Crippen LogP contribution in [0.1, 0.15) is 27.2 Å². The second kappa shape index (κ2) is 8.78. The molecular formula is C24H26N2O2S. The summed E-state index contributed by atoms with van der Waals surface area (Å²) in [6, 6.07) is 18.6. The van der Waals surface area contributed by atoms with Crippen molar-refractivity contribution in [1.82, 2.24) is 4.90 Å². The number of furan rings is 1. The number of piperazine rings is 1. The summed E-state index contributed by atoms with van der Waals surface area (Å²) in [6.07, 6.45) is 1.63. The van der Waals surface area contributed by atoms with Crippen LogP contribution in [0.2, 0.25) is 0 Å². The molecule has 0 radical (unpaired) electrons. The Morgan fingerprint density at radius 3 is 2.48 bits per heavy atom. The monoisotopic (exact) mass is 406 g/mol. The zero-order valence-electron chi connectivity index (χ0n) is 16.9. The van der Waals surface area contributed by atoms with Crippen molar-refractivity contribution in [1.29, 1.82) is 0 Å². The Balaban J connectivity index is 1.39. The molecule has 1 aromatic heterocycles. The lowest BCUT2D eigenvalue weighted by Crippen LogP contribution is -2.49. The fourth-order valence-electron chi connectivity index (χ4n) is 3.69. The van der Waals surface area contributed by atoms with Gasteiger partial charge >= 0.3 is 0 Å². The van der Waals surface area contributed by atoms with E-state index >= 15 is 0 Å². The summed E-state index contributed by atoms with van der Waals surface area (Å²) >= 11 is 1.72. The molecule has 0 N–H and O–H groups in total. The zero-order valence-corrected chi connectivity index (χ0v) is 17.7. The number of anilines is 1. The van der Waals surface area contributed by atoms with Gasteiger partial charge in [-0.3, -0.25) is 4.79 Å². The number of amides is 1. The molecule has 1 amide bonds. The van der Waals surface area contributed by atoms with Crippen LogP contribution in [0.5, 0.6) is 0 Å². The Morgan fingerprint density at radius 1 is 0.966 bits per heavy atom. The van der Waals surface area contributed by atoms with Gasteiger partial charge in [-0.15, -0.1) is 11.8 Å². The van der Waals surface area contributed by atoms with Gasteiger partial charge in [-0.25, -0.2) is 0 Å². The Labute approximate surface area is 176 Å². The summed E-state index contributed by atoms with van der Waals surface area (Å²) < 4.78 is 5.60. The first-order valence-corrected chi connectivity index (χ1v) is 11.0. The molecular weight excluding hydrogens is 380 g/mol. The SMILES string of the molecule is Cc1cccc(N2CCN(C(=O)c3occc3CSc3ccccc3)CC2)c1C. The second-order valence-corrected chi connectivity index (χ2v) is 8.42. The van der Waals surface area contributed by atoms with E-state index in [0.29, 0.717) is 18.8 Å². The van der Waals surface area contributed by atoms with Crippen molar-refractivity contribution >= 4 is 23.4 Å². The highest BCUT2D eigenvalue weighted by atomic mass is 32.2. The van der Waals surface area contributed by atoms with Crippen LogP contribution in [0.4, 0.5) is 5.69 Å². The molecule has 4 rings (SSSR count). The van der Waals surface area contributed by atoms with Crippen molar-refractivity contribution in [2.75, 3.05) is 31.1 Å². The molecule has 1 saturated heterocycles. The Bertz CT molecular complexity index is 976. The third-order valence-electron chi connectivity index (χ3n) is 5.56. The molecule has 1 aliphatic heterocycles. The lowest BCUT2D eigenvalue weighted by Gasteiger charge is -2.36. The van der Waals surface area contributed by atoms with Crippen molar-refractivity contribution in [3.05, 3.63) is 83.3 Å². The first kappa shape index (κ1) is 19.6. The van der Waals surface area contributed by atoms with Crippen LogP contribution in [-0.4, -0.2) is 37.0 Å². The number of rotatable bonds is 5. The highest BCUT2D eigenvalue weighted by molar-refractivity contribution is 7.98. The zero-order chi connectivity index (χ0) is 20.2. The van der Waals surface area contributed by atoms with Gasteiger partial charge < -0.3 is 14.2 Å². The predicted molar refractivity (Wildman–Crippen MR) is 119 cm³/mol. The van der Waals surface area contributed by atoms with Crippen molar-refractivity contribution in [3.63, 3.8) is 0 Å². The van der Waals surface area contributed by atoms with Crippen LogP contribution in [0.25, 0.3) is 0 Å². The summed E-state index contributed by atoms with van der Waals surface area (Å²) in [5.74, 6) is 1.21. The minimum Gasteiger partial charge on any atom is -0.459 e. The van der Waals surface area contributed by atoms with E-state index in [9.17, 15) is 4.79 Å². The number of nitrogens with zero attached hydrogens (tertiary/aromatic N) is 2. The first-order valence-electron chi connectivity index (χ1n) is 9.98. The van der Waals surface area contributed by atoms with E-state index in [1.807, 2.05) is 29.2 Å². The van der Waals surface area contributed by atoms with Crippen LogP contribution < -0.4 is 4.90 Å². The van der Waals surface area contributed by atoms with Crippen LogP contribution in [-0.2, 0) is 5.75 Å². The molecule has 0 saturated carbocycles. The minimum absolute atomic E-state index is 0.000671. The van der Waals surface area contributed by atoms with Gasteiger partial charge in [-0.2, -0.15) is 0 Å². The summed E-state index contributed by atoms with van der Waals surface area (Å²) in [5.41, 5.74) is 4.85. The van der Waals surface area contributed by atoms with Gasteiger partial charge in [-0.1, -0.05) is 30.3 Å². The maximum atomic E-state index is 13.1. The Kier molecular flexibility index (Phi) is 5.95. The average Bonchev–Trinajstić information content (AvgIpc) is 3.23. The van der Waals surface area contributed by atoms with E-state index in [2.05, 4.69) is 49.1 Å². The molecule has 29 heavy (non-hydrogen) atoms. The van der Waals surface area contributed by atoms with Crippen LogP contribution >= 0.6 is 11.8 Å². The van der Waals surface area contributed by atoms with Gasteiger partial charge in [0.1, 0.15) is 0 Å². The third-order valence-corrected chi connectivity index (χ3v) is 6.62. The Morgan fingerprint density at radius 2 is 1.72 bits per heavy atom. The number of benzene rings is 2. The largest absolute Gasteiger partial charge is 0.459 e. The van der Waals surface area contributed by atoms with Gasteiger partial charge in [0.05, 0.1) is 6.26 Å². The predicted octanol–water partition coefficient (Wildman–Crippen LogP) is 5.15. The molecule has 1 aliphatic rings. The molecule has 0 unspecified atom stereocenters. The molecule has 2 aromatic carbocycles. The average molecular weight is 407 g/mol. The molecule has 0 bridgehead atoms. The third kappa shape index (κ3) is 4.35. The molecule has 150 valence electrons. The quantitative estimate of drug-likeness (QED) is 0.549. The molecule has 2 heterocycles. The second-order valence-electron chi connectivity index (χ2n) is 7.37. The molecule has 0 spiro atoms. The van der Waals surface area contributed by atoms with Crippen LogP contribution in [0, 0.1) is 13.8 Å². The minimum atomic E-state index is -0.000671. The summed E-state index contributed by atoms with van der Waals surface area (Å²) in [4.78, 5) is 18.5. The summed E-state index contributed by atoms with van der Waals surface area (Å²) in [5, 5.41) is 0. The number of hydrogen-bond donors (Lipinski definition) is 0. The van der Waals surface area contributed by atoms with Gasteiger partial charge in [-0.05, 0) is 49.2 Å². The van der Waals surface area contributed by atoms with E-state index in [1.165, 1.54) is 21.7 Å². The molecule has 3 aromatic rings. The number of thioether (sulfide) groups is 1. The maximum absolute atomic E-state index is 13.1. The van der Waals surface area contributed by atoms with Gasteiger partial charge in [0.25, 0.3) is 5.91 Å². The number of carbonyl (C=O) groups is 1. The normalized spacial score (nSPS) is 14.3. The summed E-state index contributed by atoms with van der Waals surface area (Å²) in [6.45, 7) is 7.40. The standard InChI is InChI=1S/C24H26N2O2S/c1-18-7-6-10-22(19(18)2)25-12-14-26(15-13-25)24(27)23-20(11-16-28-23)17-29-21-8-4-3-5-9-21/h3-11,16H,12-15,17H2,1-2H3. The molecule has 0 atom stereocenters. The Hall–Kier alpha value is -2.66. The molecule has 5 heteroatoms. The molecule has 4 nitrogen and oxygen atoms in total. The fourth-order valence-corrected chi connectivity index (χ4v) is 4.59. The number of aryl methyl sites for hydroxylation is 1. The smallest absolute Gasteiger partial charge is 0.289 e. The number of hydrogen-bond acceptors (Lipinski definition) is 4. The lowest BCUT2D eigenvalue weighted by atomic mass is 10.1. The van der Waals surface area contributed by atoms with E-state index in [1.54, 1.807) is 18.0 Å². The highest BCUT2D eigenvalue weighted by Gasteiger charge is 2.26. The van der Waals surface area contributed by atoms with Gasteiger partial charge in [0.2, 0.25) is 0 Å². The van der Waals surface area contributed by atoms with Crippen molar-refractivity contribution < 1.29 is 9.21 Å². The summed E-state index contributed by atoms with van der Waals surface area (Å²) in [7, 11) is 0. The van der Waals surface area contributed by atoms with Crippen molar-refractivity contribution in [2.24, 2.45) is 0 Å². The maximum Gasteiger partial charge on any atom is 0.289 e. The lowest BCUT2D eigenvalue weighted by molar-refractivity contribution is 0.0713. The fraction of sp³-hybridized carbons (Fsp3) is 0.292. The van der Waals surface area contributed by atoms with Crippen LogP contribution in [0.3, 0.4) is 0 Å². The molecule has 0 aliphatic carbocycles.